The molecule has 1 amide bonds. The highest BCUT2D eigenvalue weighted by molar-refractivity contribution is 7.47. The number of hydrogen-bond donors (Lipinski definition) is 3. The van der Waals surface area contributed by atoms with Crippen LogP contribution >= 0.6 is 7.82 Å². The molecule has 42 heavy (non-hydrogen) atoms. The van der Waals surface area contributed by atoms with Crippen molar-refractivity contribution < 1.29 is 32.9 Å². The number of allylic oxidation sites excluding steroid dienone is 2. The monoisotopic (exact) mass is 619 g/mol. The average Bonchev–Trinajstić information content (AvgIpc) is 2.92. The first-order valence-electron chi connectivity index (χ1n) is 17.1. The van der Waals surface area contributed by atoms with Gasteiger partial charge in [0, 0.05) is 6.42 Å². The molecule has 0 bridgehead atoms. The van der Waals surface area contributed by atoms with Gasteiger partial charge < -0.3 is 19.8 Å². The van der Waals surface area contributed by atoms with Gasteiger partial charge in [0.2, 0.25) is 5.91 Å². The zero-order valence-electron chi connectivity index (χ0n) is 28.0. The molecule has 0 radical (unpaired) electrons. The molecule has 250 valence electrons. The highest BCUT2D eigenvalue weighted by Crippen LogP contribution is 2.43. The van der Waals surface area contributed by atoms with Crippen LogP contribution in [0.1, 0.15) is 142 Å². The summed E-state index contributed by atoms with van der Waals surface area (Å²) in [5.41, 5.74) is 0. The Hall–Kier alpha value is -0.760. The fraction of sp³-hybridized carbons (Fsp3) is 0.909. The van der Waals surface area contributed by atoms with Crippen molar-refractivity contribution in [3.63, 3.8) is 0 Å². The minimum absolute atomic E-state index is 0.0731. The summed E-state index contributed by atoms with van der Waals surface area (Å²) in [7, 11) is 1.60. The number of rotatable bonds is 30. The second kappa shape index (κ2) is 26.6. The molecule has 8 nitrogen and oxygen atoms in total. The first-order chi connectivity index (χ1) is 20.0. The number of aliphatic hydroxyl groups excluding tert-OH is 1. The van der Waals surface area contributed by atoms with Crippen molar-refractivity contribution in [3.05, 3.63) is 12.2 Å². The van der Waals surface area contributed by atoms with E-state index in [0.29, 0.717) is 23.9 Å². The van der Waals surface area contributed by atoms with E-state index in [1.54, 1.807) is 0 Å². The second-order valence-electron chi connectivity index (χ2n) is 12.9. The third-order valence-electron chi connectivity index (χ3n) is 7.51. The smallest absolute Gasteiger partial charge is 0.391 e. The minimum Gasteiger partial charge on any atom is -0.391 e. The normalized spacial score (nSPS) is 15.1. The standard InChI is InChI=1S/C33H67N2O6P/c1-6-8-10-11-12-13-14-15-16-17-18-19-20-21-22-23-25-27-33(37)34-31(32(36)26-24-9-7-2)30-41-42(38,39)40-29-28-35(3,4)5/h15-16,31-32,36H,6-14,17-30H2,1-5H3,(H-,34,37,38,39)/p+1/b16-15-. The van der Waals surface area contributed by atoms with Gasteiger partial charge in [-0.3, -0.25) is 13.8 Å². The molecule has 0 aliphatic rings. The summed E-state index contributed by atoms with van der Waals surface area (Å²) >= 11 is 0. The molecule has 9 heteroatoms. The maximum Gasteiger partial charge on any atom is 0.472 e. The van der Waals surface area contributed by atoms with E-state index in [-0.39, 0.29) is 19.1 Å². The van der Waals surface area contributed by atoms with Gasteiger partial charge in [0.15, 0.2) is 0 Å². The molecule has 3 N–H and O–H groups in total. The van der Waals surface area contributed by atoms with E-state index in [9.17, 15) is 19.4 Å². The van der Waals surface area contributed by atoms with E-state index in [2.05, 4.69) is 31.3 Å². The molecule has 0 aliphatic heterocycles. The fourth-order valence-electron chi connectivity index (χ4n) is 4.68. The number of amides is 1. The van der Waals surface area contributed by atoms with Gasteiger partial charge in [-0.2, -0.15) is 0 Å². The predicted molar refractivity (Wildman–Crippen MR) is 175 cm³/mol. The Morgan fingerprint density at radius 1 is 0.786 bits per heavy atom. The number of nitrogens with one attached hydrogen (secondary N) is 1. The Morgan fingerprint density at radius 2 is 1.29 bits per heavy atom. The molecule has 0 aliphatic carbocycles. The summed E-state index contributed by atoms with van der Waals surface area (Å²) in [6.07, 6.45) is 25.9. The molecule has 0 saturated heterocycles. The van der Waals surface area contributed by atoms with Crippen molar-refractivity contribution >= 4 is 13.7 Å². The number of aliphatic hydroxyl groups is 1. The van der Waals surface area contributed by atoms with Crippen LogP contribution < -0.4 is 5.32 Å². The van der Waals surface area contributed by atoms with Crippen molar-refractivity contribution in [1.29, 1.82) is 0 Å². The van der Waals surface area contributed by atoms with Crippen molar-refractivity contribution in [2.75, 3.05) is 40.9 Å². The molecular weight excluding hydrogens is 551 g/mol. The minimum atomic E-state index is -4.28. The fourth-order valence-corrected chi connectivity index (χ4v) is 5.42. The number of nitrogens with zero attached hydrogens (tertiary/aromatic N) is 1. The Kier molecular flexibility index (Phi) is 26.1. The average molecular weight is 620 g/mol. The zero-order chi connectivity index (χ0) is 31.5. The first-order valence-corrected chi connectivity index (χ1v) is 18.5. The molecule has 0 heterocycles. The largest absolute Gasteiger partial charge is 0.472 e. The summed E-state index contributed by atoms with van der Waals surface area (Å²) < 4.78 is 23.2. The Labute approximate surface area is 259 Å². The van der Waals surface area contributed by atoms with Crippen LogP contribution in [0.15, 0.2) is 12.2 Å². The third kappa shape index (κ3) is 28.0. The molecule has 3 atom stereocenters. The molecule has 0 saturated carbocycles. The predicted octanol–water partition coefficient (Wildman–Crippen LogP) is 8.07. The van der Waals surface area contributed by atoms with Gasteiger partial charge in [0.1, 0.15) is 13.2 Å². The van der Waals surface area contributed by atoms with Gasteiger partial charge in [-0.05, 0) is 38.5 Å². The van der Waals surface area contributed by atoms with E-state index in [0.717, 1.165) is 38.5 Å². The van der Waals surface area contributed by atoms with E-state index in [1.807, 2.05) is 21.1 Å². The lowest BCUT2D eigenvalue weighted by molar-refractivity contribution is -0.870. The molecule has 3 unspecified atom stereocenters. The number of hydrogen-bond acceptors (Lipinski definition) is 5. The lowest BCUT2D eigenvalue weighted by atomic mass is 10.0. The Balaban J connectivity index is 4.15. The molecule has 0 rings (SSSR count). The number of carbonyl (C=O) groups is 1. The van der Waals surface area contributed by atoms with Crippen molar-refractivity contribution in [1.82, 2.24) is 5.32 Å². The van der Waals surface area contributed by atoms with Crippen LogP contribution in [-0.4, -0.2) is 73.4 Å². The quantitative estimate of drug-likeness (QED) is 0.0325. The van der Waals surface area contributed by atoms with Crippen LogP contribution in [0.25, 0.3) is 0 Å². The first kappa shape index (κ1) is 41.2. The molecular formula is C33H68N2O6P+. The van der Waals surface area contributed by atoms with Crippen LogP contribution in [0.5, 0.6) is 0 Å². The number of unbranched alkanes of at least 4 members (excludes halogenated alkanes) is 15. The SMILES string of the molecule is CCCCCCCC/C=C\CCCCCCCCCC(=O)NC(COP(=O)(O)OCC[N+](C)(C)C)C(O)CCCCC. The van der Waals surface area contributed by atoms with E-state index in [4.69, 9.17) is 9.05 Å². The molecule has 0 aromatic rings. The molecule has 0 spiro atoms. The van der Waals surface area contributed by atoms with Crippen molar-refractivity contribution in [2.45, 2.75) is 154 Å². The number of likely N-dealkylation sites (N-methyl/N-ethyl adjacent to an activating group) is 1. The van der Waals surface area contributed by atoms with E-state index < -0.39 is 20.0 Å². The lowest BCUT2D eigenvalue weighted by Gasteiger charge is -2.26. The van der Waals surface area contributed by atoms with Crippen molar-refractivity contribution in [3.8, 4) is 0 Å². The third-order valence-corrected chi connectivity index (χ3v) is 8.50. The van der Waals surface area contributed by atoms with Crippen LogP contribution in [-0.2, 0) is 18.4 Å². The van der Waals surface area contributed by atoms with Gasteiger partial charge in [-0.25, -0.2) is 4.57 Å². The Bertz CT molecular complexity index is 713. The summed E-state index contributed by atoms with van der Waals surface area (Å²) in [6, 6.07) is -0.753. The maximum absolute atomic E-state index is 12.6. The Morgan fingerprint density at radius 3 is 1.83 bits per heavy atom. The molecule has 0 aromatic heterocycles. The van der Waals surface area contributed by atoms with Crippen LogP contribution in [0, 0.1) is 0 Å². The topological polar surface area (TPSA) is 105 Å². The van der Waals surface area contributed by atoms with Gasteiger partial charge in [-0.15, -0.1) is 0 Å². The maximum atomic E-state index is 12.6. The van der Waals surface area contributed by atoms with Gasteiger partial charge in [-0.1, -0.05) is 109 Å². The highest BCUT2D eigenvalue weighted by atomic mass is 31.2. The summed E-state index contributed by atoms with van der Waals surface area (Å²) in [5.74, 6) is -0.162. The van der Waals surface area contributed by atoms with Crippen LogP contribution in [0.2, 0.25) is 0 Å². The molecule has 0 aromatic carbocycles. The van der Waals surface area contributed by atoms with Crippen molar-refractivity contribution in [2.24, 2.45) is 0 Å². The van der Waals surface area contributed by atoms with Gasteiger partial charge in [0.05, 0.1) is 39.9 Å². The summed E-state index contributed by atoms with van der Waals surface area (Å²) in [6.45, 7) is 4.69. The number of phosphoric acid groups is 1. The highest BCUT2D eigenvalue weighted by Gasteiger charge is 2.28. The summed E-state index contributed by atoms with van der Waals surface area (Å²) in [4.78, 5) is 22.7. The molecule has 0 fully saturated rings. The second-order valence-corrected chi connectivity index (χ2v) is 14.3. The summed E-state index contributed by atoms with van der Waals surface area (Å²) in [5, 5.41) is 13.5. The van der Waals surface area contributed by atoms with E-state index in [1.165, 1.54) is 77.0 Å². The van der Waals surface area contributed by atoms with Gasteiger partial charge in [0.25, 0.3) is 0 Å². The number of phosphoric ester groups is 1. The number of quaternary nitrogens is 1. The van der Waals surface area contributed by atoms with Gasteiger partial charge >= 0.3 is 7.82 Å². The number of carbonyl (C=O) groups excluding carboxylic acids is 1. The van der Waals surface area contributed by atoms with Crippen LogP contribution in [0.3, 0.4) is 0 Å². The lowest BCUT2D eigenvalue weighted by Crippen LogP contribution is -2.46. The van der Waals surface area contributed by atoms with E-state index >= 15 is 0 Å². The zero-order valence-corrected chi connectivity index (χ0v) is 28.9. The van der Waals surface area contributed by atoms with Crippen LogP contribution in [0.4, 0.5) is 0 Å².